The molecule has 3 aromatic heterocycles. The fourth-order valence-electron chi connectivity index (χ4n) is 2.50. The van der Waals surface area contributed by atoms with Crippen molar-refractivity contribution in [2.24, 2.45) is 0 Å². The van der Waals surface area contributed by atoms with E-state index in [0.29, 0.717) is 0 Å². The topological polar surface area (TPSA) is 56.7 Å². The highest BCUT2D eigenvalue weighted by molar-refractivity contribution is 7.16. The number of nitrogens with zero attached hydrogens (tertiary/aromatic N) is 3. The highest BCUT2D eigenvalue weighted by atomic mass is 32.1. The van der Waals surface area contributed by atoms with Gasteiger partial charge in [0.05, 0.1) is 22.3 Å². The van der Waals surface area contributed by atoms with Crippen molar-refractivity contribution < 1.29 is 0 Å². The van der Waals surface area contributed by atoms with E-state index in [9.17, 15) is 0 Å². The minimum atomic E-state index is -0.0757. The van der Waals surface area contributed by atoms with Crippen molar-refractivity contribution in [2.45, 2.75) is 33.2 Å². The third-order valence-electron chi connectivity index (χ3n) is 3.25. The largest absolute Gasteiger partial charge is 0.390 e. The second kappa shape index (κ2) is 4.31. The molecule has 0 radical (unpaired) electrons. The minimum absolute atomic E-state index is 0.0757. The molecule has 104 valence electrons. The molecule has 3 heterocycles. The van der Waals surface area contributed by atoms with Gasteiger partial charge in [-0.1, -0.05) is 0 Å². The maximum absolute atomic E-state index is 6.16. The molecule has 0 spiro atoms. The van der Waals surface area contributed by atoms with Crippen LogP contribution in [0.5, 0.6) is 0 Å². The van der Waals surface area contributed by atoms with Crippen molar-refractivity contribution in [1.82, 2.24) is 14.5 Å². The average molecular weight is 286 g/mol. The third kappa shape index (κ3) is 1.98. The van der Waals surface area contributed by atoms with E-state index >= 15 is 0 Å². The Morgan fingerprint density at radius 1 is 1.30 bits per heavy atom. The van der Waals surface area contributed by atoms with E-state index in [4.69, 9.17) is 10.7 Å². The average Bonchev–Trinajstić information content (AvgIpc) is 2.88. The molecule has 5 heteroatoms. The first-order valence-electron chi connectivity index (χ1n) is 6.57. The zero-order valence-electron chi connectivity index (χ0n) is 12.1. The van der Waals surface area contributed by atoms with Gasteiger partial charge in [-0.3, -0.25) is 4.98 Å². The molecule has 0 bridgehead atoms. The Bertz CT molecular complexity index is 777. The Labute approximate surface area is 122 Å². The van der Waals surface area contributed by atoms with E-state index in [0.717, 1.165) is 27.4 Å². The molecule has 0 atom stereocenters. The molecule has 0 aromatic carbocycles. The van der Waals surface area contributed by atoms with Crippen molar-refractivity contribution >= 4 is 27.4 Å². The fourth-order valence-corrected chi connectivity index (χ4v) is 3.28. The summed E-state index contributed by atoms with van der Waals surface area (Å²) in [5.41, 5.74) is 9.09. The van der Waals surface area contributed by atoms with Crippen molar-refractivity contribution in [3.8, 4) is 11.4 Å². The smallest absolute Gasteiger partial charge is 0.144 e. The summed E-state index contributed by atoms with van der Waals surface area (Å²) in [5, 5.41) is 0.816. The second-order valence-electron chi connectivity index (χ2n) is 5.94. The summed E-state index contributed by atoms with van der Waals surface area (Å²) in [5.74, 6) is 0.919. The molecule has 3 aromatic rings. The zero-order valence-corrected chi connectivity index (χ0v) is 13.0. The zero-order chi connectivity index (χ0) is 14.5. The number of rotatable bonds is 1. The predicted octanol–water partition coefficient (Wildman–Crippen LogP) is 3.81. The normalized spacial score (nSPS) is 12.2. The Kier molecular flexibility index (Phi) is 2.83. The summed E-state index contributed by atoms with van der Waals surface area (Å²) < 4.78 is 2.24. The number of pyridine rings is 1. The van der Waals surface area contributed by atoms with Crippen LogP contribution in [0.4, 0.5) is 5.00 Å². The maximum atomic E-state index is 6.16. The molecular weight excluding hydrogens is 268 g/mol. The highest BCUT2D eigenvalue weighted by Gasteiger charge is 2.24. The monoisotopic (exact) mass is 286 g/mol. The van der Waals surface area contributed by atoms with Crippen LogP contribution in [-0.4, -0.2) is 14.5 Å². The lowest BCUT2D eigenvalue weighted by Gasteiger charge is -2.24. The molecule has 3 rings (SSSR count). The molecule has 4 nitrogen and oxygen atoms in total. The summed E-state index contributed by atoms with van der Waals surface area (Å²) >= 11 is 1.60. The number of imidazole rings is 1. The minimum Gasteiger partial charge on any atom is -0.390 e. The summed E-state index contributed by atoms with van der Waals surface area (Å²) in [6, 6.07) is 4.11. The lowest BCUT2D eigenvalue weighted by molar-refractivity contribution is 0.413. The number of fused-ring (bicyclic) bond motifs is 1. The lowest BCUT2D eigenvalue weighted by Crippen LogP contribution is -2.22. The molecule has 0 aliphatic carbocycles. The number of thiophene rings is 1. The first kappa shape index (κ1) is 13.1. The molecule has 0 aliphatic rings. The first-order chi connectivity index (χ1) is 9.38. The van der Waals surface area contributed by atoms with Crippen molar-refractivity contribution in [3.63, 3.8) is 0 Å². The summed E-state index contributed by atoms with van der Waals surface area (Å²) in [6.07, 6.45) is 3.61. The van der Waals surface area contributed by atoms with E-state index in [1.54, 1.807) is 23.7 Å². The Hall–Kier alpha value is -1.88. The molecule has 0 fully saturated rings. The number of aryl methyl sites for hydroxylation is 1. The Morgan fingerprint density at radius 2 is 2.05 bits per heavy atom. The van der Waals surface area contributed by atoms with Gasteiger partial charge in [-0.25, -0.2) is 4.98 Å². The third-order valence-corrected chi connectivity index (χ3v) is 4.13. The van der Waals surface area contributed by atoms with Crippen LogP contribution in [0.25, 0.3) is 22.4 Å². The van der Waals surface area contributed by atoms with Crippen LogP contribution >= 0.6 is 11.3 Å². The van der Waals surface area contributed by atoms with E-state index in [2.05, 4.69) is 43.3 Å². The lowest BCUT2D eigenvalue weighted by atomic mass is 10.1. The van der Waals surface area contributed by atoms with Crippen LogP contribution in [0.1, 0.15) is 25.6 Å². The number of aromatic nitrogens is 3. The summed E-state index contributed by atoms with van der Waals surface area (Å²) in [6.45, 7) is 8.59. The van der Waals surface area contributed by atoms with E-state index < -0.39 is 0 Å². The van der Waals surface area contributed by atoms with Crippen molar-refractivity contribution in [3.05, 3.63) is 29.4 Å². The van der Waals surface area contributed by atoms with Gasteiger partial charge in [0.1, 0.15) is 11.3 Å². The maximum Gasteiger partial charge on any atom is 0.144 e. The molecule has 0 saturated carbocycles. The number of nitrogens with two attached hydrogens (primary N) is 1. The molecule has 20 heavy (non-hydrogen) atoms. The number of nitrogen functional groups attached to an aromatic ring is 1. The SMILES string of the molecule is Cc1cc(-c2nc3cnccc3n2C(C)(C)C)c(N)s1. The van der Waals surface area contributed by atoms with E-state index in [-0.39, 0.29) is 5.54 Å². The van der Waals surface area contributed by atoms with E-state index in [1.807, 2.05) is 6.07 Å². The van der Waals surface area contributed by atoms with Gasteiger partial charge >= 0.3 is 0 Å². The van der Waals surface area contributed by atoms with Gasteiger partial charge < -0.3 is 10.3 Å². The Morgan fingerprint density at radius 3 is 2.65 bits per heavy atom. The van der Waals surface area contributed by atoms with Gasteiger partial charge in [0.2, 0.25) is 0 Å². The number of hydrogen-bond acceptors (Lipinski definition) is 4. The molecule has 0 saturated heterocycles. The van der Waals surface area contributed by atoms with Crippen LogP contribution < -0.4 is 5.73 Å². The predicted molar refractivity (Wildman–Crippen MR) is 85.0 cm³/mol. The van der Waals surface area contributed by atoms with Gasteiger partial charge in [0.15, 0.2) is 0 Å². The van der Waals surface area contributed by atoms with Crippen LogP contribution in [-0.2, 0) is 5.54 Å². The fraction of sp³-hybridized carbons (Fsp3) is 0.333. The van der Waals surface area contributed by atoms with Crippen LogP contribution in [0.3, 0.4) is 0 Å². The quantitative estimate of drug-likeness (QED) is 0.740. The van der Waals surface area contributed by atoms with Gasteiger partial charge in [0.25, 0.3) is 0 Å². The standard InChI is InChI=1S/C15H18N4S/c1-9-7-10(13(16)20-9)14-18-11-8-17-6-5-12(11)19(14)15(2,3)4/h5-8H,16H2,1-4H3. The second-order valence-corrected chi connectivity index (χ2v) is 7.23. The Balaban J connectivity index is 2.38. The molecule has 0 aliphatic heterocycles. The molecule has 0 unspecified atom stereocenters. The molecule has 2 N–H and O–H groups in total. The van der Waals surface area contributed by atoms with E-state index in [1.165, 1.54) is 4.88 Å². The number of anilines is 1. The van der Waals surface area contributed by atoms with Crippen LogP contribution in [0.15, 0.2) is 24.5 Å². The van der Waals surface area contributed by atoms with Gasteiger partial charge in [0, 0.05) is 16.6 Å². The summed E-state index contributed by atoms with van der Waals surface area (Å²) in [7, 11) is 0. The number of hydrogen-bond donors (Lipinski definition) is 1. The molecular formula is C15H18N4S. The van der Waals surface area contributed by atoms with Crippen LogP contribution in [0, 0.1) is 6.92 Å². The first-order valence-corrected chi connectivity index (χ1v) is 7.39. The molecule has 0 amide bonds. The van der Waals surface area contributed by atoms with Crippen molar-refractivity contribution in [1.29, 1.82) is 0 Å². The highest BCUT2D eigenvalue weighted by Crippen LogP contribution is 2.37. The van der Waals surface area contributed by atoms with Gasteiger partial charge in [-0.2, -0.15) is 0 Å². The van der Waals surface area contributed by atoms with Gasteiger partial charge in [-0.15, -0.1) is 11.3 Å². The van der Waals surface area contributed by atoms with Gasteiger partial charge in [-0.05, 0) is 39.8 Å². The van der Waals surface area contributed by atoms with Crippen LogP contribution in [0.2, 0.25) is 0 Å². The van der Waals surface area contributed by atoms with Crippen molar-refractivity contribution in [2.75, 3.05) is 5.73 Å². The summed E-state index contributed by atoms with van der Waals surface area (Å²) in [4.78, 5) is 10.1.